The number of fused-ring (bicyclic) bond motifs is 1. The van der Waals surface area contributed by atoms with Crippen molar-refractivity contribution < 1.29 is 19.1 Å². The summed E-state index contributed by atoms with van der Waals surface area (Å²) in [6.45, 7) is 1.41. The molecule has 0 bridgehead atoms. The van der Waals surface area contributed by atoms with Crippen LogP contribution in [0.2, 0.25) is 0 Å². The number of carboxylic acids is 1. The van der Waals surface area contributed by atoms with E-state index in [1.807, 2.05) is 24.3 Å². The maximum absolute atomic E-state index is 12.5. The van der Waals surface area contributed by atoms with Crippen LogP contribution in [-0.2, 0) is 9.59 Å². The van der Waals surface area contributed by atoms with E-state index < -0.39 is 11.9 Å². The number of aliphatic carboxylic acids is 1. The van der Waals surface area contributed by atoms with E-state index in [1.165, 1.54) is 0 Å². The van der Waals surface area contributed by atoms with E-state index in [9.17, 15) is 14.7 Å². The number of nitrogens with one attached hydrogen (secondary N) is 1. The molecule has 7 nitrogen and oxygen atoms in total. The standard InChI is InChI=1S/C19H23N3O4/c23-17(20-14-6-3-4-13(14)18(24)25)12-8-10-22(11-9-12)19-21-15-5-1-2-7-16(15)26-19/h1-2,5,7,12-14H,3-4,6,8-11H2,(H,20,23)(H,24,25)/t13-,14+/m1/s1. The van der Waals surface area contributed by atoms with Gasteiger partial charge in [0.25, 0.3) is 6.01 Å². The molecule has 7 heteroatoms. The maximum Gasteiger partial charge on any atom is 0.308 e. The molecule has 138 valence electrons. The lowest BCUT2D eigenvalue weighted by atomic mass is 9.95. The van der Waals surface area contributed by atoms with Crippen LogP contribution in [0.5, 0.6) is 0 Å². The van der Waals surface area contributed by atoms with Crippen LogP contribution in [0.1, 0.15) is 32.1 Å². The number of hydrogen-bond acceptors (Lipinski definition) is 5. The molecule has 1 amide bonds. The molecule has 1 saturated heterocycles. The number of piperidine rings is 1. The fraction of sp³-hybridized carbons (Fsp3) is 0.526. The average Bonchev–Trinajstić information content (AvgIpc) is 3.28. The topological polar surface area (TPSA) is 95.7 Å². The van der Waals surface area contributed by atoms with Crippen molar-refractivity contribution in [2.75, 3.05) is 18.0 Å². The molecule has 0 unspecified atom stereocenters. The Labute approximate surface area is 151 Å². The number of carbonyl (C=O) groups is 2. The highest BCUT2D eigenvalue weighted by molar-refractivity contribution is 5.81. The second-order valence-electron chi connectivity index (χ2n) is 7.22. The van der Waals surface area contributed by atoms with Crippen LogP contribution in [0.25, 0.3) is 11.1 Å². The van der Waals surface area contributed by atoms with Crippen molar-refractivity contribution in [2.45, 2.75) is 38.1 Å². The highest BCUT2D eigenvalue weighted by Crippen LogP contribution is 2.29. The number of nitrogens with zero attached hydrogens (tertiary/aromatic N) is 2. The molecule has 0 radical (unpaired) electrons. The Kier molecular flexibility index (Phi) is 4.53. The van der Waals surface area contributed by atoms with Crippen LogP contribution in [0, 0.1) is 11.8 Å². The second-order valence-corrected chi connectivity index (χ2v) is 7.22. The van der Waals surface area contributed by atoms with Gasteiger partial charge in [0, 0.05) is 25.0 Å². The summed E-state index contributed by atoms with van der Waals surface area (Å²) in [6, 6.07) is 8.04. The molecule has 26 heavy (non-hydrogen) atoms. The van der Waals surface area contributed by atoms with Crippen molar-refractivity contribution in [3.63, 3.8) is 0 Å². The first-order chi connectivity index (χ1) is 12.6. The van der Waals surface area contributed by atoms with Gasteiger partial charge < -0.3 is 19.7 Å². The smallest absolute Gasteiger partial charge is 0.308 e. The minimum Gasteiger partial charge on any atom is -0.481 e. The van der Waals surface area contributed by atoms with Crippen molar-refractivity contribution in [1.82, 2.24) is 10.3 Å². The molecular weight excluding hydrogens is 334 g/mol. The number of benzene rings is 1. The van der Waals surface area contributed by atoms with E-state index in [0.29, 0.717) is 25.5 Å². The first-order valence-electron chi connectivity index (χ1n) is 9.25. The van der Waals surface area contributed by atoms with Gasteiger partial charge in [-0.15, -0.1) is 0 Å². The van der Waals surface area contributed by atoms with Crippen LogP contribution < -0.4 is 10.2 Å². The van der Waals surface area contributed by atoms with E-state index in [4.69, 9.17) is 4.42 Å². The lowest BCUT2D eigenvalue weighted by molar-refractivity contribution is -0.142. The first kappa shape index (κ1) is 16.9. The Morgan fingerprint density at radius 3 is 2.65 bits per heavy atom. The zero-order valence-corrected chi connectivity index (χ0v) is 14.6. The predicted molar refractivity (Wildman–Crippen MR) is 95.9 cm³/mol. The third-order valence-electron chi connectivity index (χ3n) is 5.58. The number of carboxylic acid groups (broad SMARTS) is 1. The molecule has 2 heterocycles. The van der Waals surface area contributed by atoms with Gasteiger partial charge >= 0.3 is 5.97 Å². The molecule has 1 aromatic heterocycles. The lowest BCUT2D eigenvalue weighted by Crippen LogP contribution is -2.46. The van der Waals surface area contributed by atoms with Crippen LogP contribution in [0.3, 0.4) is 0 Å². The van der Waals surface area contributed by atoms with E-state index in [0.717, 1.165) is 36.8 Å². The fourth-order valence-corrected chi connectivity index (χ4v) is 4.06. The van der Waals surface area contributed by atoms with Crippen LogP contribution in [-0.4, -0.2) is 41.1 Å². The molecular formula is C19H23N3O4. The van der Waals surface area contributed by atoms with Gasteiger partial charge in [-0.25, -0.2) is 0 Å². The SMILES string of the molecule is O=C(N[C@H]1CCC[C@H]1C(=O)O)C1CCN(c2nc3ccccc3o2)CC1. The van der Waals surface area contributed by atoms with E-state index in [2.05, 4.69) is 15.2 Å². The monoisotopic (exact) mass is 357 g/mol. The van der Waals surface area contributed by atoms with Crippen LogP contribution in [0.15, 0.2) is 28.7 Å². The number of aromatic nitrogens is 1. The molecule has 4 rings (SSSR count). The fourth-order valence-electron chi connectivity index (χ4n) is 4.06. The lowest BCUT2D eigenvalue weighted by Gasteiger charge is -2.31. The summed E-state index contributed by atoms with van der Waals surface area (Å²) < 4.78 is 5.80. The average molecular weight is 357 g/mol. The van der Waals surface area contributed by atoms with Gasteiger partial charge in [-0.05, 0) is 37.8 Å². The molecule has 2 aliphatic rings. The van der Waals surface area contributed by atoms with Crippen molar-refractivity contribution in [1.29, 1.82) is 0 Å². The third-order valence-corrected chi connectivity index (χ3v) is 5.58. The highest BCUT2D eigenvalue weighted by Gasteiger charge is 2.36. The molecule has 2 atom stereocenters. The Hall–Kier alpha value is -2.57. The minimum atomic E-state index is -0.807. The molecule has 1 aliphatic carbocycles. The van der Waals surface area contributed by atoms with Gasteiger partial charge in [-0.1, -0.05) is 18.6 Å². The van der Waals surface area contributed by atoms with Crippen molar-refractivity contribution >= 4 is 29.0 Å². The summed E-state index contributed by atoms with van der Waals surface area (Å²) in [7, 11) is 0. The molecule has 2 aromatic rings. The van der Waals surface area contributed by atoms with Gasteiger partial charge in [-0.2, -0.15) is 4.98 Å². The second kappa shape index (κ2) is 6.97. The summed E-state index contributed by atoms with van der Waals surface area (Å²) in [4.78, 5) is 30.4. The van der Waals surface area contributed by atoms with Gasteiger partial charge in [0.1, 0.15) is 5.52 Å². The van der Waals surface area contributed by atoms with Gasteiger partial charge in [0.05, 0.1) is 5.92 Å². The molecule has 2 fully saturated rings. The third kappa shape index (κ3) is 3.25. The van der Waals surface area contributed by atoms with Crippen molar-refractivity contribution in [3.05, 3.63) is 24.3 Å². The molecule has 2 N–H and O–H groups in total. The quantitative estimate of drug-likeness (QED) is 0.872. The number of para-hydroxylation sites is 2. The van der Waals surface area contributed by atoms with Crippen molar-refractivity contribution in [3.8, 4) is 0 Å². The zero-order valence-electron chi connectivity index (χ0n) is 14.6. The van der Waals surface area contributed by atoms with E-state index in [1.54, 1.807) is 0 Å². The summed E-state index contributed by atoms with van der Waals surface area (Å²) in [5.41, 5.74) is 1.60. The summed E-state index contributed by atoms with van der Waals surface area (Å²) in [5.74, 6) is -1.34. The molecule has 1 aromatic carbocycles. The Balaban J connectivity index is 1.34. The number of anilines is 1. The van der Waals surface area contributed by atoms with Gasteiger partial charge in [0.15, 0.2) is 5.58 Å². The van der Waals surface area contributed by atoms with Crippen molar-refractivity contribution in [2.24, 2.45) is 11.8 Å². The number of rotatable bonds is 4. The summed E-state index contributed by atoms with van der Waals surface area (Å²) in [6.07, 6.45) is 3.70. The molecule has 0 spiro atoms. The number of hydrogen-bond donors (Lipinski definition) is 2. The zero-order chi connectivity index (χ0) is 18.1. The predicted octanol–water partition coefficient (Wildman–Crippen LogP) is 2.41. The normalized spacial score (nSPS) is 24.1. The Morgan fingerprint density at radius 1 is 1.15 bits per heavy atom. The number of amides is 1. The highest BCUT2D eigenvalue weighted by atomic mass is 16.4. The van der Waals surface area contributed by atoms with Gasteiger partial charge in [-0.3, -0.25) is 9.59 Å². The minimum absolute atomic E-state index is 0.0136. The Morgan fingerprint density at radius 2 is 1.92 bits per heavy atom. The first-order valence-corrected chi connectivity index (χ1v) is 9.25. The van der Waals surface area contributed by atoms with E-state index >= 15 is 0 Å². The summed E-state index contributed by atoms with van der Waals surface area (Å²) >= 11 is 0. The number of oxazole rings is 1. The maximum atomic E-state index is 12.5. The number of carbonyl (C=O) groups excluding carboxylic acids is 1. The van der Waals surface area contributed by atoms with Crippen LogP contribution in [0.4, 0.5) is 6.01 Å². The summed E-state index contributed by atoms with van der Waals surface area (Å²) in [5, 5.41) is 12.2. The molecule has 1 aliphatic heterocycles. The largest absolute Gasteiger partial charge is 0.481 e. The Bertz CT molecular complexity index is 777. The van der Waals surface area contributed by atoms with Crippen LogP contribution >= 0.6 is 0 Å². The van der Waals surface area contributed by atoms with E-state index in [-0.39, 0.29) is 17.9 Å². The van der Waals surface area contributed by atoms with Gasteiger partial charge in [0.2, 0.25) is 5.91 Å². The molecule has 1 saturated carbocycles.